The van der Waals surface area contributed by atoms with Gasteiger partial charge < -0.3 is 15.4 Å². The highest BCUT2D eigenvalue weighted by Crippen LogP contribution is 2.26. The summed E-state index contributed by atoms with van der Waals surface area (Å²) in [5.74, 6) is -2.65. The molecule has 0 fully saturated rings. The van der Waals surface area contributed by atoms with Gasteiger partial charge in [0.15, 0.2) is 6.61 Å². The monoisotopic (exact) mass is 206 g/mol. The molecule has 0 atom stereocenters. The lowest BCUT2D eigenvalue weighted by Crippen LogP contribution is -2.35. The number of hydrogen-bond acceptors (Lipinski definition) is 3. The van der Waals surface area contributed by atoms with E-state index in [9.17, 15) is 8.78 Å². The Morgan fingerprint density at radius 1 is 1.50 bits per heavy atom. The molecule has 1 rings (SSSR count). The minimum Gasteiger partial charge on any atom is -0.472 e. The Bertz CT molecular complexity index is 251. The second-order valence-electron chi connectivity index (χ2n) is 3.90. The lowest BCUT2D eigenvalue weighted by molar-refractivity contribution is -0.0630. The average molecular weight is 206 g/mol. The molecule has 0 saturated heterocycles. The zero-order valence-corrected chi connectivity index (χ0v) is 8.68. The minimum atomic E-state index is -2.84. The van der Waals surface area contributed by atoms with E-state index in [1.54, 1.807) is 7.05 Å². The third-order valence-corrected chi connectivity index (χ3v) is 2.12. The molecule has 0 spiro atoms. The van der Waals surface area contributed by atoms with Crippen LogP contribution in [0.3, 0.4) is 0 Å². The fourth-order valence-electron chi connectivity index (χ4n) is 1.65. The summed E-state index contributed by atoms with van der Waals surface area (Å²) in [5.41, 5.74) is 6.21. The Morgan fingerprint density at radius 2 is 2.07 bits per heavy atom. The summed E-state index contributed by atoms with van der Waals surface area (Å²) in [6, 6.07) is 0. The molecule has 0 saturated carbocycles. The molecule has 0 aromatic heterocycles. The van der Waals surface area contributed by atoms with Crippen LogP contribution >= 0.6 is 0 Å². The zero-order valence-electron chi connectivity index (χ0n) is 8.68. The van der Waals surface area contributed by atoms with Gasteiger partial charge in [0, 0.05) is 7.05 Å². The van der Waals surface area contributed by atoms with E-state index in [0.29, 0.717) is 5.70 Å². The Labute approximate surface area is 82.5 Å². The number of alkyl halides is 2. The van der Waals surface area contributed by atoms with Crippen molar-refractivity contribution >= 4 is 0 Å². The molecule has 0 unspecified atom stereocenters. The van der Waals surface area contributed by atoms with E-state index in [1.165, 1.54) is 4.90 Å². The van der Waals surface area contributed by atoms with Crippen LogP contribution in [0, 0.1) is 5.92 Å². The van der Waals surface area contributed by atoms with Crippen molar-refractivity contribution in [2.75, 3.05) is 20.2 Å². The number of halogens is 2. The van der Waals surface area contributed by atoms with Crippen LogP contribution in [0.2, 0.25) is 0 Å². The molecule has 82 valence electrons. The van der Waals surface area contributed by atoms with Gasteiger partial charge in [-0.2, -0.15) is 0 Å². The van der Waals surface area contributed by atoms with Gasteiger partial charge in [0.05, 0.1) is 12.2 Å². The maximum Gasteiger partial charge on any atom is 0.298 e. The highest BCUT2D eigenvalue weighted by molar-refractivity contribution is 5.09. The van der Waals surface area contributed by atoms with Crippen molar-refractivity contribution in [2.45, 2.75) is 19.8 Å². The first-order valence-corrected chi connectivity index (χ1v) is 4.55. The molecule has 14 heavy (non-hydrogen) atoms. The third kappa shape index (κ3) is 2.27. The van der Waals surface area contributed by atoms with Gasteiger partial charge in [-0.3, -0.25) is 0 Å². The van der Waals surface area contributed by atoms with Crippen molar-refractivity contribution in [1.29, 1.82) is 0 Å². The predicted octanol–water partition coefficient (Wildman–Crippen LogP) is 1.37. The van der Waals surface area contributed by atoms with Crippen molar-refractivity contribution in [3.05, 3.63) is 11.6 Å². The van der Waals surface area contributed by atoms with Crippen molar-refractivity contribution in [1.82, 2.24) is 4.90 Å². The fourth-order valence-corrected chi connectivity index (χ4v) is 1.65. The van der Waals surface area contributed by atoms with E-state index >= 15 is 0 Å². The highest BCUT2D eigenvalue weighted by Gasteiger charge is 2.36. The van der Waals surface area contributed by atoms with Gasteiger partial charge in [-0.25, -0.2) is 8.78 Å². The minimum absolute atomic E-state index is 0.0777. The molecule has 0 radical (unpaired) electrons. The molecule has 1 heterocycles. The molecule has 2 N–H and O–H groups in total. The Hall–Kier alpha value is -1.00. The molecule has 3 nitrogen and oxygen atoms in total. The van der Waals surface area contributed by atoms with Gasteiger partial charge in [-0.15, -0.1) is 0 Å². The number of nitrogens with zero attached hydrogens (tertiary/aromatic N) is 1. The quantitative estimate of drug-likeness (QED) is 0.704. The van der Waals surface area contributed by atoms with E-state index in [1.807, 2.05) is 13.8 Å². The van der Waals surface area contributed by atoms with E-state index in [4.69, 9.17) is 10.5 Å². The van der Waals surface area contributed by atoms with E-state index < -0.39 is 12.5 Å². The van der Waals surface area contributed by atoms with Gasteiger partial charge in [-0.05, 0) is 5.92 Å². The van der Waals surface area contributed by atoms with Gasteiger partial charge >= 0.3 is 0 Å². The van der Waals surface area contributed by atoms with Gasteiger partial charge in [0.1, 0.15) is 0 Å². The van der Waals surface area contributed by atoms with E-state index in [0.717, 1.165) is 0 Å². The molecule has 0 bridgehead atoms. The first-order valence-electron chi connectivity index (χ1n) is 4.55. The summed E-state index contributed by atoms with van der Waals surface area (Å²) in [6.07, 6.45) is 0. The summed E-state index contributed by atoms with van der Waals surface area (Å²) in [7, 11) is 1.60. The largest absolute Gasteiger partial charge is 0.472 e. The standard InChI is InChI=1S/C9H16F2N2O/c1-6(2)7-8(12)14-5-9(10,11)4-13(7)3/h6H,4-5,12H2,1-3H3. The van der Waals surface area contributed by atoms with Crippen molar-refractivity contribution in [3.63, 3.8) is 0 Å². The number of nitrogens with two attached hydrogens (primary N) is 1. The maximum atomic E-state index is 13.1. The van der Waals surface area contributed by atoms with Crippen LogP contribution in [0.4, 0.5) is 8.78 Å². The lowest BCUT2D eigenvalue weighted by Gasteiger charge is -2.25. The van der Waals surface area contributed by atoms with Crippen molar-refractivity contribution < 1.29 is 13.5 Å². The third-order valence-electron chi connectivity index (χ3n) is 2.12. The van der Waals surface area contributed by atoms with E-state index in [-0.39, 0.29) is 18.3 Å². The van der Waals surface area contributed by atoms with Crippen LogP contribution in [0.1, 0.15) is 13.8 Å². The zero-order chi connectivity index (χ0) is 10.9. The van der Waals surface area contributed by atoms with Crippen LogP contribution in [0.15, 0.2) is 11.6 Å². The normalized spacial score (nSPS) is 22.3. The Morgan fingerprint density at radius 3 is 2.57 bits per heavy atom. The molecule has 0 aromatic rings. The van der Waals surface area contributed by atoms with Crippen LogP contribution in [-0.4, -0.2) is 31.0 Å². The summed E-state index contributed by atoms with van der Waals surface area (Å²) < 4.78 is 31.0. The van der Waals surface area contributed by atoms with Crippen LogP contribution in [-0.2, 0) is 4.74 Å². The lowest BCUT2D eigenvalue weighted by atomic mass is 10.1. The first-order chi connectivity index (χ1) is 6.33. The predicted molar refractivity (Wildman–Crippen MR) is 49.6 cm³/mol. The Balaban J connectivity index is 2.92. The number of rotatable bonds is 1. The molecule has 0 aromatic carbocycles. The summed E-state index contributed by atoms with van der Waals surface area (Å²) >= 11 is 0. The summed E-state index contributed by atoms with van der Waals surface area (Å²) in [4.78, 5) is 1.47. The maximum absolute atomic E-state index is 13.1. The van der Waals surface area contributed by atoms with Gasteiger partial charge in [0.2, 0.25) is 5.88 Å². The number of ether oxygens (including phenoxy) is 1. The molecular weight excluding hydrogens is 190 g/mol. The second-order valence-corrected chi connectivity index (χ2v) is 3.90. The molecule has 5 heteroatoms. The second kappa shape index (κ2) is 3.63. The average Bonchev–Trinajstić information content (AvgIpc) is 2.07. The number of allylic oxidation sites excluding steroid dienone is 1. The number of hydrogen-bond donors (Lipinski definition) is 1. The molecule has 1 aliphatic heterocycles. The highest BCUT2D eigenvalue weighted by atomic mass is 19.3. The first kappa shape index (κ1) is 11.1. The molecule has 0 aliphatic carbocycles. The fraction of sp³-hybridized carbons (Fsp3) is 0.778. The van der Waals surface area contributed by atoms with Crippen LogP contribution in [0.5, 0.6) is 0 Å². The molecule has 0 amide bonds. The van der Waals surface area contributed by atoms with E-state index in [2.05, 4.69) is 0 Å². The SMILES string of the molecule is CC(C)C1=C(N)OCC(F)(F)CN1C. The Kier molecular flexibility index (Phi) is 2.87. The van der Waals surface area contributed by atoms with Crippen molar-refractivity contribution in [3.8, 4) is 0 Å². The summed E-state index contributed by atoms with van der Waals surface area (Å²) in [6.45, 7) is 2.80. The molecular formula is C9H16F2N2O. The van der Waals surface area contributed by atoms with Crippen LogP contribution in [0.25, 0.3) is 0 Å². The summed E-state index contributed by atoms with van der Waals surface area (Å²) in [5, 5.41) is 0. The molecule has 1 aliphatic rings. The van der Waals surface area contributed by atoms with Crippen molar-refractivity contribution in [2.24, 2.45) is 11.7 Å². The smallest absolute Gasteiger partial charge is 0.298 e. The topological polar surface area (TPSA) is 38.5 Å². The van der Waals surface area contributed by atoms with Gasteiger partial charge in [-0.1, -0.05) is 13.8 Å². The van der Waals surface area contributed by atoms with Crippen LogP contribution < -0.4 is 5.73 Å². The van der Waals surface area contributed by atoms with Gasteiger partial charge in [0.25, 0.3) is 5.92 Å².